The summed E-state index contributed by atoms with van der Waals surface area (Å²) in [5.74, 6) is 0.190. The molecule has 1 unspecified atom stereocenters. The molecule has 1 saturated carbocycles. The number of hydrogen-bond donors (Lipinski definition) is 2. The van der Waals surface area contributed by atoms with Crippen LogP contribution in [0.3, 0.4) is 0 Å². The van der Waals surface area contributed by atoms with Crippen molar-refractivity contribution < 1.29 is 4.79 Å². The molecule has 2 fully saturated rings. The third-order valence-corrected chi connectivity index (χ3v) is 4.77. The normalized spacial score (nSPS) is 25.3. The van der Waals surface area contributed by atoms with Crippen molar-refractivity contribution in [2.24, 2.45) is 0 Å². The van der Waals surface area contributed by atoms with Gasteiger partial charge in [0.15, 0.2) is 0 Å². The molecular formula is C17H24N2O. The van der Waals surface area contributed by atoms with Gasteiger partial charge in [-0.1, -0.05) is 49.6 Å². The monoisotopic (exact) mass is 272 g/mol. The van der Waals surface area contributed by atoms with E-state index in [1.807, 2.05) is 6.07 Å². The van der Waals surface area contributed by atoms with Crippen LogP contribution in [0.15, 0.2) is 30.3 Å². The molecule has 1 aliphatic carbocycles. The first-order chi connectivity index (χ1) is 9.80. The predicted octanol–water partition coefficient (Wildman–Crippen LogP) is 2.71. The summed E-state index contributed by atoms with van der Waals surface area (Å²) in [5.41, 5.74) is 1.14. The van der Waals surface area contributed by atoms with Crippen molar-refractivity contribution in [1.82, 2.24) is 10.6 Å². The van der Waals surface area contributed by atoms with Gasteiger partial charge in [0.1, 0.15) is 0 Å². The molecule has 0 spiro atoms. The van der Waals surface area contributed by atoms with Gasteiger partial charge in [-0.15, -0.1) is 0 Å². The second-order valence-electron chi connectivity index (χ2n) is 6.15. The van der Waals surface area contributed by atoms with Crippen molar-refractivity contribution in [2.75, 3.05) is 6.54 Å². The lowest BCUT2D eigenvalue weighted by atomic mass is 9.87. The average molecular weight is 272 g/mol. The van der Waals surface area contributed by atoms with E-state index < -0.39 is 0 Å². The number of benzene rings is 1. The van der Waals surface area contributed by atoms with Gasteiger partial charge < -0.3 is 10.6 Å². The maximum atomic E-state index is 12.6. The van der Waals surface area contributed by atoms with Crippen molar-refractivity contribution in [3.05, 3.63) is 35.9 Å². The van der Waals surface area contributed by atoms with E-state index in [-0.39, 0.29) is 17.5 Å². The Bertz CT molecular complexity index is 445. The second kappa shape index (κ2) is 5.96. The zero-order valence-corrected chi connectivity index (χ0v) is 12.0. The van der Waals surface area contributed by atoms with Gasteiger partial charge in [-0.05, 0) is 37.8 Å². The SMILES string of the molecule is O=C(NC1(c2ccccc2)CCCC1)C1CCCCN1. The molecule has 1 heterocycles. The Morgan fingerprint density at radius 1 is 1.10 bits per heavy atom. The molecule has 1 aliphatic heterocycles. The second-order valence-corrected chi connectivity index (χ2v) is 6.15. The molecule has 0 aromatic heterocycles. The fraction of sp³-hybridized carbons (Fsp3) is 0.588. The Balaban J connectivity index is 1.76. The van der Waals surface area contributed by atoms with Crippen LogP contribution in [-0.2, 0) is 10.3 Å². The van der Waals surface area contributed by atoms with Crippen molar-refractivity contribution in [3.63, 3.8) is 0 Å². The van der Waals surface area contributed by atoms with Crippen LogP contribution in [0.1, 0.15) is 50.5 Å². The summed E-state index contributed by atoms with van der Waals surface area (Å²) >= 11 is 0. The molecule has 2 N–H and O–H groups in total. The highest BCUT2D eigenvalue weighted by atomic mass is 16.2. The fourth-order valence-electron chi connectivity index (χ4n) is 3.62. The van der Waals surface area contributed by atoms with Crippen molar-refractivity contribution in [3.8, 4) is 0 Å². The van der Waals surface area contributed by atoms with E-state index in [0.29, 0.717) is 0 Å². The highest BCUT2D eigenvalue weighted by molar-refractivity contribution is 5.82. The van der Waals surface area contributed by atoms with E-state index in [0.717, 1.165) is 32.2 Å². The maximum absolute atomic E-state index is 12.6. The van der Waals surface area contributed by atoms with Gasteiger partial charge in [-0.3, -0.25) is 4.79 Å². The summed E-state index contributed by atoms with van der Waals surface area (Å²) in [6, 6.07) is 10.5. The number of hydrogen-bond acceptors (Lipinski definition) is 2. The summed E-state index contributed by atoms with van der Waals surface area (Å²) in [5, 5.41) is 6.73. The van der Waals surface area contributed by atoms with Crippen molar-refractivity contribution in [1.29, 1.82) is 0 Å². The molecule has 3 rings (SSSR count). The molecule has 1 aromatic rings. The Hall–Kier alpha value is -1.35. The quantitative estimate of drug-likeness (QED) is 0.888. The Kier molecular flexibility index (Phi) is 4.06. The lowest BCUT2D eigenvalue weighted by Crippen LogP contribution is -2.53. The van der Waals surface area contributed by atoms with Crippen LogP contribution in [0.2, 0.25) is 0 Å². The van der Waals surface area contributed by atoms with Gasteiger partial charge in [-0.25, -0.2) is 0 Å². The van der Waals surface area contributed by atoms with Crippen LogP contribution >= 0.6 is 0 Å². The minimum atomic E-state index is -0.128. The van der Waals surface area contributed by atoms with Gasteiger partial charge in [-0.2, -0.15) is 0 Å². The van der Waals surface area contributed by atoms with Crippen molar-refractivity contribution >= 4 is 5.91 Å². The fourth-order valence-corrected chi connectivity index (χ4v) is 3.62. The minimum Gasteiger partial charge on any atom is -0.345 e. The molecule has 3 heteroatoms. The minimum absolute atomic E-state index is 0.00457. The highest BCUT2D eigenvalue weighted by Gasteiger charge is 2.38. The molecule has 108 valence electrons. The van der Waals surface area contributed by atoms with Crippen LogP contribution in [0.5, 0.6) is 0 Å². The van der Waals surface area contributed by atoms with E-state index in [1.165, 1.54) is 24.8 Å². The number of carbonyl (C=O) groups is 1. The first-order valence-corrected chi connectivity index (χ1v) is 7.91. The Morgan fingerprint density at radius 3 is 2.50 bits per heavy atom. The van der Waals surface area contributed by atoms with E-state index in [4.69, 9.17) is 0 Å². The van der Waals surface area contributed by atoms with Crippen LogP contribution < -0.4 is 10.6 Å². The van der Waals surface area contributed by atoms with Gasteiger partial charge in [0.2, 0.25) is 5.91 Å². The molecule has 0 bridgehead atoms. The maximum Gasteiger partial charge on any atom is 0.237 e. The van der Waals surface area contributed by atoms with Crippen molar-refractivity contribution in [2.45, 2.75) is 56.5 Å². The molecule has 1 aromatic carbocycles. The number of piperidine rings is 1. The van der Waals surface area contributed by atoms with E-state index in [2.05, 4.69) is 34.9 Å². The highest BCUT2D eigenvalue weighted by Crippen LogP contribution is 2.38. The Labute approximate surface area is 121 Å². The van der Waals surface area contributed by atoms with E-state index in [1.54, 1.807) is 0 Å². The zero-order chi connectivity index (χ0) is 13.8. The molecule has 1 saturated heterocycles. The smallest absolute Gasteiger partial charge is 0.237 e. The van der Waals surface area contributed by atoms with Gasteiger partial charge in [0.05, 0.1) is 11.6 Å². The number of amides is 1. The zero-order valence-electron chi connectivity index (χ0n) is 12.0. The third-order valence-electron chi connectivity index (χ3n) is 4.77. The van der Waals surface area contributed by atoms with E-state index >= 15 is 0 Å². The lowest BCUT2D eigenvalue weighted by Gasteiger charge is -2.34. The topological polar surface area (TPSA) is 41.1 Å². The summed E-state index contributed by atoms with van der Waals surface area (Å²) in [6.45, 7) is 0.969. The van der Waals surface area contributed by atoms with Crippen LogP contribution in [0.25, 0.3) is 0 Å². The summed E-state index contributed by atoms with van der Waals surface area (Å²) in [6.07, 6.45) is 7.85. The van der Waals surface area contributed by atoms with Crippen LogP contribution in [-0.4, -0.2) is 18.5 Å². The molecular weight excluding hydrogens is 248 g/mol. The molecule has 3 nitrogen and oxygen atoms in total. The largest absolute Gasteiger partial charge is 0.345 e. The van der Waals surface area contributed by atoms with E-state index in [9.17, 15) is 4.79 Å². The Morgan fingerprint density at radius 2 is 1.85 bits per heavy atom. The molecule has 1 atom stereocenters. The predicted molar refractivity (Wildman–Crippen MR) is 80.4 cm³/mol. The molecule has 2 aliphatic rings. The first-order valence-electron chi connectivity index (χ1n) is 7.91. The standard InChI is InChI=1S/C17H24N2O/c20-16(15-10-4-7-13-18-15)19-17(11-5-6-12-17)14-8-2-1-3-9-14/h1-3,8-9,15,18H,4-7,10-13H2,(H,19,20). The summed E-state index contributed by atoms with van der Waals surface area (Å²) in [4.78, 5) is 12.6. The van der Waals surface area contributed by atoms with Gasteiger partial charge in [0, 0.05) is 0 Å². The number of carbonyl (C=O) groups excluding carboxylic acids is 1. The summed E-state index contributed by atoms with van der Waals surface area (Å²) < 4.78 is 0. The number of rotatable bonds is 3. The van der Waals surface area contributed by atoms with Crippen LogP contribution in [0.4, 0.5) is 0 Å². The summed E-state index contributed by atoms with van der Waals surface area (Å²) in [7, 11) is 0. The van der Waals surface area contributed by atoms with Gasteiger partial charge in [0.25, 0.3) is 0 Å². The first kappa shape index (κ1) is 13.6. The van der Waals surface area contributed by atoms with Crippen LogP contribution in [0, 0.1) is 0 Å². The average Bonchev–Trinajstić information content (AvgIpc) is 2.99. The molecule has 0 radical (unpaired) electrons. The molecule has 1 amide bonds. The third kappa shape index (κ3) is 2.73. The van der Waals surface area contributed by atoms with Gasteiger partial charge >= 0.3 is 0 Å². The molecule has 20 heavy (non-hydrogen) atoms. The lowest BCUT2D eigenvalue weighted by molar-refractivity contribution is -0.125. The number of nitrogens with one attached hydrogen (secondary N) is 2.